The molecule has 0 spiro atoms. The number of halogens is 1. The number of para-hydroxylation sites is 1. The van der Waals surface area contributed by atoms with E-state index in [1.165, 1.54) is 0 Å². The highest BCUT2D eigenvalue weighted by atomic mass is 79.9. The summed E-state index contributed by atoms with van der Waals surface area (Å²) in [6, 6.07) is 10.2. The summed E-state index contributed by atoms with van der Waals surface area (Å²) in [6.45, 7) is 2.12. The van der Waals surface area contributed by atoms with Crippen LogP contribution in [0.25, 0.3) is 21.5 Å². The van der Waals surface area contributed by atoms with Crippen molar-refractivity contribution in [3.63, 3.8) is 0 Å². The smallest absolute Gasteiger partial charge is 0.150 e. The summed E-state index contributed by atoms with van der Waals surface area (Å²) in [6.07, 6.45) is 2.82. The molecule has 1 unspecified atom stereocenters. The second-order valence-corrected chi connectivity index (χ2v) is 6.32. The third kappa shape index (κ3) is 2.40. The van der Waals surface area contributed by atoms with E-state index in [0.29, 0.717) is 0 Å². The minimum atomic E-state index is 0.279. The maximum absolute atomic E-state index is 4.46. The number of alkyl halides is 1. The minimum Gasteiger partial charge on any atom is -0.256 e. The van der Waals surface area contributed by atoms with E-state index in [4.69, 9.17) is 0 Å². The van der Waals surface area contributed by atoms with Crippen LogP contribution >= 0.6 is 27.3 Å². The summed E-state index contributed by atoms with van der Waals surface area (Å²) < 4.78 is 0. The molecule has 1 atom stereocenters. The van der Waals surface area contributed by atoms with Crippen molar-refractivity contribution in [3.05, 3.63) is 41.5 Å². The molecule has 0 aliphatic heterocycles. The van der Waals surface area contributed by atoms with Crippen molar-refractivity contribution >= 4 is 38.2 Å². The summed E-state index contributed by atoms with van der Waals surface area (Å²) in [5, 5.41) is 11.6. The van der Waals surface area contributed by atoms with Crippen molar-refractivity contribution in [3.8, 4) is 10.6 Å². The molecule has 3 rings (SSSR count). The molecular weight excluding hydrogens is 322 g/mol. The van der Waals surface area contributed by atoms with E-state index in [2.05, 4.69) is 56.2 Å². The zero-order valence-corrected chi connectivity index (χ0v) is 12.8. The Morgan fingerprint density at radius 1 is 1.21 bits per heavy atom. The monoisotopic (exact) mass is 333 g/mol. The second-order valence-electron chi connectivity index (χ2n) is 4.20. The average Bonchev–Trinajstić information content (AvgIpc) is 2.95. The Balaban J connectivity index is 2.12. The molecule has 2 heterocycles. The van der Waals surface area contributed by atoms with Crippen molar-refractivity contribution in [2.75, 3.05) is 0 Å². The molecule has 0 bridgehead atoms. The fraction of sp³-hybridized carbons (Fsp3) is 0.214. The van der Waals surface area contributed by atoms with Crippen LogP contribution in [0.1, 0.15) is 23.2 Å². The van der Waals surface area contributed by atoms with E-state index in [1.54, 1.807) is 11.3 Å². The molecular formula is C14H12BrN3S. The lowest BCUT2D eigenvalue weighted by Gasteiger charge is -2.01. The molecule has 0 saturated carbocycles. The van der Waals surface area contributed by atoms with Gasteiger partial charge in [-0.3, -0.25) is 4.98 Å². The van der Waals surface area contributed by atoms with Crippen molar-refractivity contribution in [2.45, 2.75) is 18.2 Å². The van der Waals surface area contributed by atoms with E-state index in [0.717, 1.165) is 32.9 Å². The van der Waals surface area contributed by atoms with Gasteiger partial charge < -0.3 is 0 Å². The van der Waals surface area contributed by atoms with Gasteiger partial charge in [0.15, 0.2) is 0 Å². The predicted molar refractivity (Wildman–Crippen MR) is 82.6 cm³/mol. The van der Waals surface area contributed by atoms with Gasteiger partial charge in [-0.25, -0.2) is 0 Å². The largest absolute Gasteiger partial charge is 0.256 e. The van der Waals surface area contributed by atoms with E-state index in [-0.39, 0.29) is 4.83 Å². The summed E-state index contributed by atoms with van der Waals surface area (Å²) >= 11 is 5.24. The standard InChI is InChI=1S/C14H12BrN3S/c1-2-11(15)14-18-17-13(19-14)10-7-3-5-9-6-4-8-16-12(9)10/h3-8,11H,2H2,1H3. The maximum Gasteiger partial charge on any atom is 0.150 e. The number of rotatable bonds is 3. The van der Waals surface area contributed by atoms with E-state index < -0.39 is 0 Å². The number of nitrogens with zero attached hydrogens (tertiary/aromatic N) is 3. The Labute approximate surface area is 123 Å². The summed E-state index contributed by atoms with van der Waals surface area (Å²) in [5.41, 5.74) is 2.04. The number of benzene rings is 1. The van der Waals surface area contributed by atoms with Crippen molar-refractivity contribution in [1.82, 2.24) is 15.2 Å². The van der Waals surface area contributed by atoms with Gasteiger partial charge in [0.2, 0.25) is 0 Å². The number of pyridine rings is 1. The van der Waals surface area contributed by atoms with Crippen LogP contribution in [0.2, 0.25) is 0 Å². The Morgan fingerprint density at radius 2 is 2.05 bits per heavy atom. The molecule has 0 radical (unpaired) electrons. The molecule has 3 aromatic rings. The number of fused-ring (bicyclic) bond motifs is 1. The number of hydrogen-bond acceptors (Lipinski definition) is 4. The Hall–Kier alpha value is -1.33. The lowest BCUT2D eigenvalue weighted by Crippen LogP contribution is -1.85. The molecule has 2 aromatic heterocycles. The lowest BCUT2D eigenvalue weighted by molar-refractivity contribution is 0.870. The molecule has 5 heteroatoms. The first-order chi connectivity index (χ1) is 9.29. The highest BCUT2D eigenvalue weighted by Gasteiger charge is 2.14. The Kier molecular flexibility index (Phi) is 3.57. The molecule has 0 saturated heterocycles. The molecule has 0 N–H and O–H groups in total. The van der Waals surface area contributed by atoms with Crippen LogP contribution in [0.5, 0.6) is 0 Å². The first kappa shape index (κ1) is 12.7. The van der Waals surface area contributed by atoms with E-state index in [1.807, 2.05) is 18.3 Å². The first-order valence-electron chi connectivity index (χ1n) is 6.11. The maximum atomic E-state index is 4.46. The summed E-state index contributed by atoms with van der Waals surface area (Å²) in [5.74, 6) is 0. The number of hydrogen-bond donors (Lipinski definition) is 0. The number of aromatic nitrogens is 3. The molecule has 0 aliphatic rings. The zero-order chi connectivity index (χ0) is 13.2. The van der Waals surface area contributed by atoms with Crippen LogP contribution in [0.3, 0.4) is 0 Å². The van der Waals surface area contributed by atoms with Crippen LogP contribution in [-0.2, 0) is 0 Å². The third-order valence-corrected chi connectivity index (χ3v) is 5.38. The predicted octanol–water partition coefficient (Wildman–Crippen LogP) is 4.60. The van der Waals surface area contributed by atoms with E-state index in [9.17, 15) is 0 Å². The molecule has 19 heavy (non-hydrogen) atoms. The van der Waals surface area contributed by atoms with Crippen LogP contribution < -0.4 is 0 Å². The lowest BCUT2D eigenvalue weighted by atomic mass is 10.1. The van der Waals surface area contributed by atoms with Crippen LogP contribution in [0.15, 0.2) is 36.5 Å². The summed E-state index contributed by atoms with van der Waals surface area (Å²) in [7, 11) is 0. The topological polar surface area (TPSA) is 38.7 Å². The van der Waals surface area contributed by atoms with Crippen molar-refractivity contribution in [2.24, 2.45) is 0 Å². The fourth-order valence-electron chi connectivity index (χ4n) is 1.92. The Morgan fingerprint density at radius 3 is 2.89 bits per heavy atom. The average molecular weight is 334 g/mol. The quantitative estimate of drug-likeness (QED) is 0.657. The van der Waals surface area contributed by atoms with Gasteiger partial charge in [-0.1, -0.05) is 52.4 Å². The van der Waals surface area contributed by atoms with Crippen molar-refractivity contribution < 1.29 is 0 Å². The van der Waals surface area contributed by atoms with Crippen molar-refractivity contribution in [1.29, 1.82) is 0 Å². The van der Waals surface area contributed by atoms with Gasteiger partial charge in [-0.05, 0) is 18.6 Å². The zero-order valence-electron chi connectivity index (χ0n) is 10.4. The molecule has 3 nitrogen and oxygen atoms in total. The highest BCUT2D eigenvalue weighted by Crippen LogP contribution is 2.34. The van der Waals surface area contributed by atoms with E-state index >= 15 is 0 Å². The van der Waals surface area contributed by atoms with Crippen LogP contribution in [-0.4, -0.2) is 15.2 Å². The van der Waals surface area contributed by atoms with Gasteiger partial charge in [0, 0.05) is 17.1 Å². The van der Waals surface area contributed by atoms with Gasteiger partial charge in [0.1, 0.15) is 10.0 Å². The van der Waals surface area contributed by atoms with Gasteiger partial charge in [-0.15, -0.1) is 10.2 Å². The molecule has 0 amide bonds. The van der Waals surface area contributed by atoms with Gasteiger partial charge in [-0.2, -0.15) is 0 Å². The third-order valence-electron chi connectivity index (χ3n) is 2.93. The normalized spacial score (nSPS) is 12.7. The fourth-order valence-corrected chi connectivity index (χ4v) is 3.22. The molecule has 96 valence electrons. The SMILES string of the molecule is CCC(Br)c1nnc(-c2cccc3cccnc23)s1. The minimum absolute atomic E-state index is 0.279. The van der Waals surface area contributed by atoms with Gasteiger partial charge in [0.25, 0.3) is 0 Å². The highest BCUT2D eigenvalue weighted by molar-refractivity contribution is 9.09. The molecule has 1 aromatic carbocycles. The molecule has 0 aliphatic carbocycles. The summed E-state index contributed by atoms with van der Waals surface area (Å²) in [4.78, 5) is 4.74. The second kappa shape index (κ2) is 5.35. The van der Waals surface area contributed by atoms with Gasteiger partial charge >= 0.3 is 0 Å². The van der Waals surface area contributed by atoms with Gasteiger partial charge in [0.05, 0.1) is 10.3 Å². The molecule has 0 fully saturated rings. The first-order valence-corrected chi connectivity index (χ1v) is 7.84. The van der Waals surface area contributed by atoms with Crippen LogP contribution in [0.4, 0.5) is 0 Å². The Bertz CT molecular complexity index is 705. The van der Waals surface area contributed by atoms with Crippen LogP contribution in [0, 0.1) is 0 Å².